The third-order valence-electron chi connectivity index (χ3n) is 3.28. The number of fused-ring (bicyclic) bond motifs is 1. The van der Waals surface area contributed by atoms with E-state index in [0.29, 0.717) is 0 Å². The van der Waals surface area contributed by atoms with E-state index in [1.165, 1.54) is 12.8 Å². The third kappa shape index (κ3) is 1.59. The lowest BCUT2D eigenvalue weighted by Gasteiger charge is -2.27. The van der Waals surface area contributed by atoms with Crippen LogP contribution in [0.1, 0.15) is 29.9 Å². The maximum Gasteiger partial charge on any atom is 0.255 e. The zero-order valence-corrected chi connectivity index (χ0v) is 8.92. The van der Waals surface area contributed by atoms with Gasteiger partial charge in [-0.15, -0.1) is 0 Å². The van der Waals surface area contributed by atoms with Crippen LogP contribution >= 0.6 is 0 Å². The maximum absolute atomic E-state index is 11.8. The Bertz CT molecular complexity index is 448. The first-order valence-electron chi connectivity index (χ1n) is 5.57. The van der Waals surface area contributed by atoms with Crippen molar-refractivity contribution >= 4 is 0 Å². The number of aromatic amines is 1. The van der Waals surface area contributed by atoms with Gasteiger partial charge >= 0.3 is 0 Å². The Kier molecular flexibility index (Phi) is 1.92. The minimum Gasteiger partial charge on any atom is -0.310 e. The molecule has 1 N–H and O–H groups in total. The molecule has 0 unspecified atom stereocenters. The summed E-state index contributed by atoms with van der Waals surface area (Å²) in [6.07, 6.45) is 3.52. The van der Waals surface area contributed by atoms with Gasteiger partial charge in [0.1, 0.15) is 5.82 Å². The zero-order valence-electron chi connectivity index (χ0n) is 8.92. The summed E-state index contributed by atoms with van der Waals surface area (Å²) in [6, 6.07) is 0.735. The molecule has 1 fully saturated rings. The van der Waals surface area contributed by atoms with E-state index in [-0.39, 0.29) is 5.56 Å². The fourth-order valence-electron chi connectivity index (χ4n) is 2.32. The number of H-pyrrole nitrogens is 1. The number of aromatic nitrogens is 2. The first-order chi connectivity index (χ1) is 7.24. The SMILES string of the molecule is Cc1nc2c(c(=O)[nH]1)CN(C1CC1)CC2. The summed E-state index contributed by atoms with van der Waals surface area (Å²) in [7, 11) is 0. The van der Waals surface area contributed by atoms with E-state index in [0.717, 1.165) is 42.6 Å². The standard InChI is InChI=1S/C11H15N3O/c1-7-12-10-4-5-14(8-2-3-8)6-9(10)11(15)13-7/h8H,2-6H2,1H3,(H,12,13,15). The van der Waals surface area contributed by atoms with Gasteiger partial charge in [0.15, 0.2) is 0 Å². The van der Waals surface area contributed by atoms with Crippen LogP contribution in [-0.4, -0.2) is 27.5 Å². The van der Waals surface area contributed by atoms with Gasteiger partial charge in [0, 0.05) is 25.6 Å². The Morgan fingerprint density at radius 3 is 3.00 bits per heavy atom. The Balaban J connectivity index is 1.97. The summed E-state index contributed by atoms with van der Waals surface area (Å²) < 4.78 is 0. The average Bonchev–Trinajstić information content (AvgIpc) is 3.00. The second-order valence-electron chi connectivity index (χ2n) is 4.53. The highest BCUT2D eigenvalue weighted by Crippen LogP contribution is 2.30. The molecule has 0 aromatic carbocycles. The molecule has 80 valence electrons. The number of hydrogen-bond acceptors (Lipinski definition) is 3. The summed E-state index contributed by atoms with van der Waals surface area (Å²) >= 11 is 0. The predicted molar refractivity (Wildman–Crippen MR) is 56.7 cm³/mol. The van der Waals surface area contributed by atoms with Crippen molar-refractivity contribution in [1.82, 2.24) is 14.9 Å². The number of nitrogens with one attached hydrogen (secondary N) is 1. The molecule has 0 amide bonds. The minimum atomic E-state index is 0.0582. The van der Waals surface area contributed by atoms with Crippen molar-refractivity contribution in [1.29, 1.82) is 0 Å². The van der Waals surface area contributed by atoms with Crippen molar-refractivity contribution in [2.75, 3.05) is 6.54 Å². The van der Waals surface area contributed by atoms with Gasteiger partial charge in [-0.3, -0.25) is 9.69 Å². The predicted octanol–water partition coefficient (Wildman–Crippen LogP) is 0.599. The van der Waals surface area contributed by atoms with Crippen molar-refractivity contribution in [2.24, 2.45) is 0 Å². The summed E-state index contributed by atoms with van der Waals surface area (Å²) in [5, 5.41) is 0. The van der Waals surface area contributed by atoms with Crippen molar-refractivity contribution in [3.8, 4) is 0 Å². The van der Waals surface area contributed by atoms with Crippen molar-refractivity contribution < 1.29 is 0 Å². The van der Waals surface area contributed by atoms with E-state index in [1.807, 2.05) is 6.92 Å². The van der Waals surface area contributed by atoms with Crippen LogP contribution in [-0.2, 0) is 13.0 Å². The molecule has 0 atom stereocenters. The largest absolute Gasteiger partial charge is 0.310 e. The highest BCUT2D eigenvalue weighted by atomic mass is 16.1. The molecule has 1 aromatic heterocycles. The maximum atomic E-state index is 11.8. The molecule has 1 saturated carbocycles. The van der Waals surface area contributed by atoms with E-state index in [9.17, 15) is 4.79 Å². The van der Waals surface area contributed by atoms with Crippen LogP contribution in [0.3, 0.4) is 0 Å². The molecular weight excluding hydrogens is 190 g/mol. The Morgan fingerprint density at radius 1 is 1.47 bits per heavy atom. The van der Waals surface area contributed by atoms with E-state index < -0.39 is 0 Å². The van der Waals surface area contributed by atoms with Crippen molar-refractivity contribution in [3.05, 3.63) is 27.4 Å². The topological polar surface area (TPSA) is 49.0 Å². The van der Waals surface area contributed by atoms with Crippen LogP contribution in [0.2, 0.25) is 0 Å². The highest BCUT2D eigenvalue weighted by molar-refractivity contribution is 5.21. The normalized spacial score (nSPS) is 21.4. The fourth-order valence-corrected chi connectivity index (χ4v) is 2.32. The van der Waals surface area contributed by atoms with Gasteiger partial charge < -0.3 is 4.98 Å². The van der Waals surface area contributed by atoms with Crippen LogP contribution in [0, 0.1) is 6.92 Å². The first-order valence-corrected chi connectivity index (χ1v) is 5.57. The van der Waals surface area contributed by atoms with Crippen LogP contribution in [0.5, 0.6) is 0 Å². The van der Waals surface area contributed by atoms with E-state index in [1.54, 1.807) is 0 Å². The first kappa shape index (κ1) is 9.09. The monoisotopic (exact) mass is 205 g/mol. The van der Waals surface area contributed by atoms with Gasteiger partial charge in [0.25, 0.3) is 5.56 Å². The van der Waals surface area contributed by atoms with E-state index in [4.69, 9.17) is 0 Å². The Hall–Kier alpha value is -1.16. The molecule has 2 heterocycles. The number of hydrogen-bond donors (Lipinski definition) is 1. The fraction of sp³-hybridized carbons (Fsp3) is 0.636. The highest BCUT2D eigenvalue weighted by Gasteiger charge is 2.32. The van der Waals surface area contributed by atoms with Gasteiger partial charge in [-0.05, 0) is 19.8 Å². The van der Waals surface area contributed by atoms with Gasteiger partial charge in [0.05, 0.1) is 11.3 Å². The molecule has 0 bridgehead atoms. The molecule has 1 aliphatic carbocycles. The van der Waals surface area contributed by atoms with Crippen LogP contribution in [0.15, 0.2) is 4.79 Å². The van der Waals surface area contributed by atoms with Crippen LogP contribution in [0.25, 0.3) is 0 Å². The molecule has 4 heteroatoms. The molecular formula is C11H15N3O. The molecule has 1 aliphatic heterocycles. The zero-order chi connectivity index (χ0) is 10.4. The average molecular weight is 205 g/mol. The molecule has 0 radical (unpaired) electrons. The molecule has 0 saturated heterocycles. The van der Waals surface area contributed by atoms with E-state index >= 15 is 0 Å². The van der Waals surface area contributed by atoms with Crippen molar-refractivity contribution in [2.45, 2.75) is 38.8 Å². The molecule has 15 heavy (non-hydrogen) atoms. The second kappa shape index (κ2) is 3.17. The molecule has 3 rings (SSSR count). The summed E-state index contributed by atoms with van der Waals surface area (Å²) in [4.78, 5) is 21.4. The lowest BCUT2D eigenvalue weighted by Crippen LogP contribution is -2.37. The Morgan fingerprint density at radius 2 is 2.27 bits per heavy atom. The number of rotatable bonds is 1. The van der Waals surface area contributed by atoms with Gasteiger partial charge in [-0.25, -0.2) is 4.98 Å². The summed E-state index contributed by atoms with van der Waals surface area (Å²) in [5.74, 6) is 0.735. The minimum absolute atomic E-state index is 0.0582. The van der Waals surface area contributed by atoms with Gasteiger partial charge in [-0.2, -0.15) is 0 Å². The van der Waals surface area contributed by atoms with Crippen LogP contribution in [0.4, 0.5) is 0 Å². The second-order valence-corrected chi connectivity index (χ2v) is 4.53. The van der Waals surface area contributed by atoms with Crippen molar-refractivity contribution in [3.63, 3.8) is 0 Å². The lowest BCUT2D eigenvalue weighted by atomic mass is 10.1. The smallest absolute Gasteiger partial charge is 0.255 e. The summed E-state index contributed by atoms with van der Waals surface area (Å²) in [5.41, 5.74) is 1.95. The van der Waals surface area contributed by atoms with Gasteiger partial charge in [-0.1, -0.05) is 0 Å². The number of nitrogens with zero attached hydrogens (tertiary/aromatic N) is 2. The Labute approximate surface area is 88.3 Å². The van der Waals surface area contributed by atoms with E-state index in [2.05, 4.69) is 14.9 Å². The quantitative estimate of drug-likeness (QED) is 0.730. The summed E-state index contributed by atoms with van der Waals surface area (Å²) in [6.45, 7) is 3.70. The molecule has 0 spiro atoms. The number of aryl methyl sites for hydroxylation is 1. The third-order valence-corrected chi connectivity index (χ3v) is 3.28. The molecule has 1 aromatic rings. The van der Waals surface area contributed by atoms with Gasteiger partial charge in [0.2, 0.25) is 0 Å². The lowest BCUT2D eigenvalue weighted by molar-refractivity contribution is 0.240. The molecule has 2 aliphatic rings. The van der Waals surface area contributed by atoms with Crippen LogP contribution < -0.4 is 5.56 Å². The molecule has 4 nitrogen and oxygen atoms in total.